The SMILES string of the molecule is CC1CCC23CCCC12CC(=O)C3. The van der Waals surface area contributed by atoms with Crippen molar-refractivity contribution >= 4 is 5.78 Å². The molecule has 3 fully saturated rings. The topological polar surface area (TPSA) is 17.1 Å². The van der Waals surface area contributed by atoms with Gasteiger partial charge in [-0.2, -0.15) is 0 Å². The van der Waals surface area contributed by atoms with Crippen LogP contribution in [0.25, 0.3) is 0 Å². The second-order valence-electron chi connectivity index (χ2n) is 5.62. The lowest BCUT2D eigenvalue weighted by Crippen LogP contribution is -2.30. The first-order valence-corrected chi connectivity index (χ1v) is 5.70. The molecule has 3 unspecified atom stereocenters. The highest BCUT2D eigenvalue weighted by Crippen LogP contribution is 2.71. The first kappa shape index (κ1) is 8.02. The Bertz CT molecular complexity index is 270. The third kappa shape index (κ3) is 0.730. The minimum atomic E-state index is 0.476. The second-order valence-corrected chi connectivity index (χ2v) is 5.62. The molecule has 1 nitrogen and oxygen atoms in total. The first-order valence-electron chi connectivity index (χ1n) is 5.70. The Balaban J connectivity index is 2.09. The lowest BCUT2D eigenvalue weighted by molar-refractivity contribution is -0.118. The monoisotopic (exact) mass is 178 g/mol. The summed E-state index contributed by atoms with van der Waals surface area (Å²) in [5.41, 5.74) is 0.966. The lowest BCUT2D eigenvalue weighted by atomic mass is 9.67. The predicted octanol–water partition coefficient (Wildman–Crippen LogP) is 2.94. The van der Waals surface area contributed by atoms with E-state index in [4.69, 9.17) is 0 Å². The van der Waals surface area contributed by atoms with Crippen LogP contribution in [-0.4, -0.2) is 5.78 Å². The van der Waals surface area contributed by atoms with Crippen molar-refractivity contribution in [1.29, 1.82) is 0 Å². The molecule has 3 rings (SSSR count). The molecule has 3 atom stereocenters. The summed E-state index contributed by atoms with van der Waals surface area (Å²) in [5.74, 6) is 1.38. The molecule has 0 saturated heterocycles. The molecule has 0 radical (unpaired) electrons. The Morgan fingerprint density at radius 1 is 1.23 bits per heavy atom. The van der Waals surface area contributed by atoms with Gasteiger partial charge in [0.25, 0.3) is 0 Å². The van der Waals surface area contributed by atoms with Crippen LogP contribution in [-0.2, 0) is 4.79 Å². The van der Waals surface area contributed by atoms with Crippen molar-refractivity contribution in [2.45, 2.75) is 51.9 Å². The molecule has 0 aromatic carbocycles. The molecule has 3 aliphatic carbocycles. The van der Waals surface area contributed by atoms with Gasteiger partial charge in [-0.05, 0) is 42.4 Å². The molecule has 0 aliphatic heterocycles. The van der Waals surface area contributed by atoms with E-state index in [1.807, 2.05) is 0 Å². The zero-order valence-electron chi connectivity index (χ0n) is 8.44. The van der Waals surface area contributed by atoms with Crippen LogP contribution >= 0.6 is 0 Å². The van der Waals surface area contributed by atoms with Gasteiger partial charge in [-0.25, -0.2) is 0 Å². The molecule has 0 amide bonds. The molecular formula is C12H18O. The van der Waals surface area contributed by atoms with Crippen LogP contribution in [0, 0.1) is 16.7 Å². The quantitative estimate of drug-likeness (QED) is 0.557. The molecule has 0 N–H and O–H groups in total. The standard InChI is InChI=1S/C12H18O/c1-9-3-6-11-4-2-5-12(9,11)8-10(13)7-11/h9H,2-8H2,1H3. The fraction of sp³-hybridized carbons (Fsp3) is 0.917. The van der Waals surface area contributed by atoms with Gasteiger partial charge in [0.15, 0.2) is 0 Å². The summed E-state index contributed by atoms with van der Waals surface area (Å²) in [6.07, 6.45) is 8.67. The predicted molar refractivity (Wildman–Crippen MR) is 51.4 cm³/mol. The highest BCUT2D eigenvalue weighted by atomic mass is 16.1. The summed E-state index contributed by atoms with van der Waals surface area (Å²) >= 11 is 0. The van der Waals surface area contributed by atoms with Gasteiger partial charge in [0.1, 0.15) is 5.78 Å². The van der Waals surface area contributed by atoms with Gasteiger partial charge in [-0.15, -0.1) is 0 Å². The minimum absolute atomic E-state index is 0.476. The Kier molecular flexibility index (Phi) is 1.35. The highest BCUT2D eigenvalue weighted by molar-refractivity contribution is 5.83. The first-order chi connectivity index (χ1) is 6.19. The molecule has 0 heterocycles. The molecular weight excluding hydrogens is 160 g/mol. The normalized spacial score (nSPS) is 53.9. The maximum Gasteiger partial charge on any atom is 0.134 e. The van der Waals surface area contributed by atoms with E-state index in [0.717, 1.165) is 18.8 Å². The second kappa shape index (κ2) is 2.18. The van der Waals surface area contributed by atoms with E-state index in [1.165, 1.54) is 32.1 Å². The van der Waals surface area contributed by atoms with Gasteiger partial charge in [0.05, 0.1) is 0 Å². The number of hydrogen-bond acceptors (Lipinski definition) is 1. The van der Waals surface area contributed by atoms with Gasteiger partial charge < -0.3 is 0 Å². The van der Waals surface area contributed by atoms with Crippen LogP contribution in [0.15, 0.2) is 0 Å². The summed E-state index contributed by atoms with van der Waals surface area (Å²) in [5, 5.41) is 0. The minimum Gasteiger partial charge on any atom is -0.300 e. The molecule has 3 aliphatic rings. The van der Waals surface area contributed by atoms with Gasteiger partial charge in [0, 0.05) is 12.8 Å². The van der Waals surface area contributed by atoms with Crippen LogP contribution in [0.2, 0.25) is 0 Å². The Morgan fingerprint density at radius 2 is 2.08 bits per heavy atom. The third-order valence-corrected chi connectivity index (χ3v) is 5.38. The number of carbonyl (C=O) groups is 1. The smallest absolute Gasteiger partial charge is 0.134 e. The van der Waals surface area contributed by atoms with Gasteiger partial charge in [-0.1, -0.05) is 13.3 Å². The zero-order chi connectivity index (χ0) is 9.10. The Morgan fingerprint density at radius 3 is 2.85 bits per heavy atom. The maximum atomic E-state index is 11.6. The van der Waals surface area contributed by atoms with Crippen molar-refractivity contribution in [2.75, 3.05) is 0 Å². The van der Waals surface area contributed by atoms with E-state index >= 15 is 0 Å². The fourth-order valence-electron chi connectivity index (χ4n) is 4.76. The summed E-state index contributed by atoms with van der Waals surface area (Å²) in [6, 6.07) is 0. The fourth-order valence-corrected chi connectivity index (χ4v) is 4.76. The Labute approximate surface area is 79.9 Å². The van der Waals surface area contributed by atoms with Crippen molar-refractivity contribution < 1.29 is 4.79 Å². The van der Waals surface area contributed by atoms with E-state index in [-0.39, 0.29) is 0 Å². The average Bonchev–Trinajstić information content (AvgIpc) is 2.58. The van der Waals surface area contributed by atoms with Crippen molar-refractivity contribution in [3.8, 4) is 0 Å². The van der Waals surface area contributed by atoms with Crippen LogP contribution in [0.3, 0.4) is 0 Å². The van der Waals surface area contributed by atoms with E-state index in [0.29, 0.717) is 16.6 Å². The number of carbonyl (C=O) groups excluding carboxylic acids is 1. The van der Waals surface area contributed by atoms with Crippen molar-refractivity contribution in [2.24, 2.45) is 16.7 Å². The van der Waals surface area contributed by atoms with E-state index < -0.39 is 0 Å². The molecule has 0 bridgehead atoms. The third-order valence-electron chi connectivity index (χ3n) is 5.38. The number of rotatable bonds is 0. The molecule has 13 heavy (non-hydrogen) atoms. The molecule has 72 valence electrons. The van der Waals surface area contributed by atoms with Crippen LogP contribution < -0.4 is 0 Å². The molecule has 0 aromatic rings. The summed E-state index contributed by atoms with van der Waals surface area (Å²) in [7, 11) is 0. The van der Waals surface area contributed by atoms with E-state index in [1.54, 1.807) is 0 Å². The van der Waals surface area contributed by atoms with Crippen LogP contribution in [0.1, 0.15) is 51.9 Å². The van der Waals surface area contributed by atoms with Crippen LogP contribution in [0.5, 0.6) is 0 Å². The largest absolute Gasteiger partial charge is 0.300 e. The summed E-state index contributed by atoms with van der Waals surface area (Å²) in [6.45, 7) is 2.38. The molecule has 3 saturated carbocycles. The summed E-state index contributed by atoms with van der Waals surface area (Å²) < 4.78 is 0. The van der Waals surface area contributed by atoms with Gasteiger partial charge >= 0.3 is 0 Å². The van der Waals surface area contributed by atoms with E-state index in [2.05, 4.69) is 6.92 Å². The number of Topliss-reactive ketones (excluding diaryl/α,β-unsaturated/α-hetero) is 1. The molecule has 1 heteroatoms. The average molecular weight is 178 g/mol. The molecule has 0 spiro atoms. The van der Waals surface area contributed by atoms with Gasteiger partial charge in [-0.3, -0.25) is 4.79 Å². The zero-order valence-corrected chi connectivity index (χ0v) is 8.44. The highest BCUT2D eigenvalue weighted by Gasteiger charge is 2.65. The van der Waals surface area contributed by atoms with Crippen LogP contribution in [0.4, 0.5) is 0 Å². The lowest BCUT2D eigenvalue weighted by Gasteiger charge is -2.36. The number of hydrogen-bond donors (Lipinski definition) is 0. The van der Waals surface area contributed by atoms with Crippen molar-refractivity contribution in [3.63, 3.8) is 0 Å². The Hall–Kier alpha value is -0.330. The van der Waals surface area contributed by atoms with Gasteiger partial charge in [0.2, 0.25) is 0 Å². The van der Waals surface area contributed by atoms with Crippen molar-refractivity contribution in [3.05, 3.63) is 0 Å². The van der Waals surface area contributed by atoms with E-state index in [9.17, 15) is 4.79 Å². The summed E-state index contributed by atoms with van der Waals surface area (Å²) in [4.78, 5) is 11.6. The van der Waals surface area contributed by atoms with Crippen molar-refractivity contribution in [1.82, 2.24) is 0 Å². The maximum absolute atomic E-state index is 11.6. The number of ketones is 1. The molecule has 0 aromatic heterocycles.